The van der Waals surface area contributed by atoms with Crippen LogP contribution in [0.25, 0.3) is 0 Å². The van der Waals surface area contributed by atoms with Crippen molar-refractivity contribution in [2.75, 3.05) is 10.8 Å². The van der Waals surface area contributed by atoms with Gasteiger partial charge < -0.3 is 5.32 Å². The van der Waals surface area contributed by atoms with Gasteiger partial charge in [0, 0.05) is 13.1 Å². The fourth-order valence-electron chi connectivity index (χ4n) is 4.18. The van der Waals surface area contributed by atoms with Crippen molar-refractivity contribution in [2.24, 2.45) is 13.0 Å². The van der Waals surface area contributed by atoms with Gasteiger partial charge in [0.15, 0.2) is 0 Å². The fourth-order valence-corrected chi connectivity index (χ4v) is 6.00. The van der Waals surface area contributed by atoms with Crippen molar-refractivity contribution in [1.82, 2.24) is 15.1 Å². The topological polar surface area (TPSA) is 84.3 Å². The molecule has 2 atom stereocenters. The molecule has 0 unspecified atom stereocenters. The summed E-state index contributed by atoms with van der Waals surface area (Å²) < 4.78 is 30.1. The molecule has 7 nitrogen and oxygen atoms in total. The van der Waals surface area contributed by atoms with E-state index >= 15 is 0 Å². The van der Waals surface area contributed by atoms with Crippen LogP contribution in [0, 0.1) is 26.7 Å². The zero-order chi connectivity index (χ0) is 22.1. The zero-order valence-electron chi connectivity index (χ0n) is 18.5. The fraction of sp³-hybridized carbons (Fsp3) is 0.545. The third-order valence-electron chi connectivity index (χ3n) is 6.06. The Morgan fingerprint density at radius 1 is 1.17 bits per heavy atom. The smallest absolute Gasteiger partial charge is 0.268 e. The molecule has 0 radical (unpaired) electrons. The lowest BCUT2D eigenvalue weighted by molar-refractivity contribution is -0.120. The average Bonchev–Trinajstić information content (AvgIpc) is 2.94. The lowest BCUT2D eigenvalue weighted by Crippen LogP contribution is -2.47. The van der Waals surface area contributed by atoms with E-state index in [1.807, 2.05) is 19.1 Å². The zero-order valence-corrected chi connectivity index (χ0v) is 19.3. The predicted molar refractivity (Wildman–Crippen MR) is 118 cm³/mol. The SMILES string of the molecule is Cc1ccc(N(CC(=O)N[C@H]2CCCC[C@@H]2C)S(=O)(=O)c2c(C)nn(C)c2C)cc1. The molecule has 164 valence electrons. The van der Waals surface area contributed by atoms with Crippen LogP contribution in [0.5, 0.6) is 0 Å². The third-order valence-corrected chi connectivity index (χ3v) is 8.08. The molecular formula is C22H32N4O3S. The molecule has 0 aliphatic heterocycles. The van der Waals surface area contributed by atoms with Crippen molar-refractivity contribution >= 4 is 21.6 Å². The number of carbonyl (C=O) groups excluding carboxylic acids is 1. The molecule has 1 amide bonds. The first-order valence-corrected chi connectivity index (χ1v) is 11.9. The van der Waals surface area contributed by atoms with E-state index in [1.165, 1.54) is 10.7 Å². The number of aryl methyl sites for hydroxylation is 3. The minimum Gasteiger partial charge on any atom is -0.352 e. The summed E-state index contributed by atoms with van der Waals surface area (Å²) in [6, 6.07) is 7.27. The van der Waals surface area contributed by atoms with Gasteiger partial charge in [0.25, 0.3) is 10.0 Å². The van der Waals surface area contributed by atoms with Gasteiger partial charge >= 0.3 is 0 Å². The summed E-state index contributed by atoms with van der Waals surface area (Å²) in [7, 11) is -2.25. The van der Waals surface area contributed by atoms with Crippen LogP contribution >= 0.6 is 0 Å². The maximum absolute atomic E-state index is 13.7. The summed E-state index contributed by atoms with van der Waals surface area (Å²) in [5, 5.41) is 7.33. The third kappa shape index (κ3) is 4.53. The van der Waals surface area contributed by atoms with Gasteiger partial charge in [-0.25, -0.2) is 8.42 Å². The Morgan fingerprint density at radius 2 is 1.80 bits per heavy atom. The summed E-state index contributed by atoms with van der Waals surface area (Å²) in [4.78, 5) is 13.1. The lowest BCUT2D eigenvalue weighted by atomic mass is 9.86. The van der Waals surface area contributed by atoms with Crippen LogP contribution in [0.15, 0.2) is 29.2 Å². The van der Waals surface area contributed by atoms with Crippen LogP contribution in [0.4, 0.5) is 5.69 Å². The Balaban J connectivity index is 1.94. The monoisotopic (exact) mass is 432 g/mol. The second-order valence-electron chi connectivity index (χ2n) is 8.41. The first-order chi connectivity index (χ1) is 14.1. The van der Waals surface area contributed by atoms with E-state index in [2.05, 4.69) is 17.3 Å². The highest BCUT2D eigenvalue weighted by molar-refractivity contribution is 7.93. The molecule has 30 heavy (non-hydrogen) atoms. The molecular weight excluding hydrogens is 400 g/mol. The largest absolute Gasteiger partial charge is 0.352 e. The minimum atomic E-state index is -3.97. The molecule has 1 aromatic heterocycles. The quantitative estimate of drug-likeness (QED) is 0.759. The summed E-state index contributed by atoms with van der Waals surface area (Å²) in [6.07, 6.45) is 4.28. The number of anilines is 1. The molecule has 1 aliphatic carbocycles. The first kappa shape index (κ1) is 22.3. The van der Waals surface area contributed by atoms with Crippen LogP contribution < -0.4 is 9.62 Å². The van der Waals surface area contributed by atoms with Gasteiger partial charge in [0.2, 0.25) is 5.91 Å². The van der Waals surface area contributed by atoms with Crippen LogP contribution in [-0.2, 0) is 21.9 Å². The van der Waals surface area contributed by atoms with Crippen molar-refractivity contribution in [1.29, 1.82) is 0 Å². The van der Waals surface area contributed by atoms with Gasteiger partial charge in [-0.15, -0.1) is 0 Å². The van der Waals surface area contributed by atoms with Gasteiger partial charge in [0.1, 0.15) is 11.4 Å². The predicted octanol–water partition coefficient (Wildman–Crippen LogP) is 3.24. The number of nitrogens with zero attached hydrogens (tertiary/aromatic N) is 3. The Bertz CT molecular complexity index is 1010. The second kappa shape index (κ2) is 8.79. The summed E-state index contributed by atoms with van der Waals surface area (Å²) in [6.45, 7) is 7.22. The van der Waals surface area contributed by atoms with Gasteiger partial charge in [-0.2, -0.15) is 5.10 Å². The van der Waals surface area contributed by atoms with Crippen LogP contribution in [0.2, 0.25) is 0 Å². The Kier molecular flexibility index (Phi) is 6.55. The standard InChI is InChI=1S/C22H32N4O3S/c1-15-10-12-19(13-11-15)26(14-21(27)23-20-9-7-6-8-16(20)2)30(28,29)22-17(3)24-25(5)18(22)4/h10-13,16,20H,6-9,14H2,1-5H3,(H,23,27)/t16-,20-/m0/s1. The lowest BCUT2D eigenvalue weighted by Gasteiger charge is -2.31. The first-order valence-electron chi connectivity index (χ1n) is 10.5. The Labute approximate surface area is 179 Å². The highest BCUT2D eigenvalue weighted by Crippen LogP contribution is 2.28. The van der Waals surface area contributed by atoms with Crippen molar-refractivity contribution in [3.63, 3.8) is 0 Å². The van der Waals surface area contributed by atoms with Gasteiger partial charge in [0.05, 0.1) is 17.1 Å². The molecule has 0 spiro atoms. The van der Waals surface area contributed by atoms with E-state index in [9.17, 15) is 13.2 Å². The van der Waals surface area contributed by atoms with Crippen molar-refractivity contribution < 1.29 is 13.2 Å². The Morgan fingerprint density at radius 3 is 2.37 bits per heavy atom. The maximum Gasteiger partial charge on any atom is 0.268 e. The molecule has 1 heterocycles. The highest BCUT2D eigenvalue weighted by atomic mass is 32.2. The average molecular weight is 433 g/mol. The maximum atomic E-state index is 13.7. The molecule has 1 aromatic carbocycles. The molecule has 8 heteroatoms. The number of sulfonamides is 1. The molecule has 1 saturated carbocycles. The van der Waals surface area contributed by atoms with Gasteiger partial charge in [-0.1, -0.05) is 37.5 Å². The number of amides is 1. The molecule has 0 bridgehead atoms. The van der Waals surface area contributed by atoms with E-state index in [1.54, 1.807) is 37.7 Å². The van der Waals surface area contributed by atoms with Crippen molar-refractivity contribution in [2.45, 2.75) is 64.3 Å². The molecule has 2 aromatic rings. The Hall–Kier alpha value is -2.35. The normalized spacial score (nSPS) is 19.5. The summed E-state index contributed by atoms with van der Waals surface area (Å²) in [5.74, 6) is 0.118. The number of rotatable bonds is 6. The molecule has 1 aliphatic rings. The number of carbonyl (C=O) groups is 1. The van der Waals surface area contributed by atoms with E-state index in [4.69, 9.17) is 0 Å². The highest BCUT2D eigenvalue weighted by Gasteiger charge is 2.33. The molecule has 3 rings (SSSR count). The minimum absolute atomic E-state index is 0.0932. The second-order valence-corrected chi connectivity index (χ2v) is 10.2. The van der Waals surface area contributed by atoms with Crippen LogP contribution in [-0.4, -0.2) is 36.7 Å². The number of benzene rings is 1. The van der Waals surface area contributed by atoms with E-state index in [0.717, 1.165) is 24.8 Å². The van der Waals surface area contributed by atoms with Crippen molar-refractivity contribution in [3.05, 3.63) is 41.2 Å². The van der Waals surface area contributed by atoms with Crippen LogP contribution in [0.3, 0.4) is 0 Å². The van der Waals surface area contributed by atoms with Crippen molar-refractivity contribution in [3.8, 4) is 0 Å². The van der Waals surface area contributed by atoms with Gasteiger partial charge in [-0.3, -0.25) is 13.8 Å². The number of nitrogens with one attached hydrogen (secondary N) is 1. The van der Waals surface area contributed by atoms with E-state index in [-0.39, 0.29) is 23.4 Å². The number of hydrogen-bond donors (Lipinski definition) is 1. The number of aromatic nitrogens is 2. The molecule has 0 saturated heterocycles. The van der Waals surface area contributed by atoms with Gasteiger partial charge in [-0.05, 0) is 51.7 Å². The summed E-state index contributed by atoms with van der Waals surface area (Å²) in [5.41, 5.74) is 2.46. The molecule has 1 N–H and O–H groups in total. The number of hydrogen-bond acceptors (Lipinski definition) is 4. The summed E-state index contributed by atoms with van der Waals surface area (Å²) >= 11 is 0. The molecule has 1 fully saturated rings. The van der Waals surface area contributed by atoms with E-state index < -0.39 is 10.0 Å². The van der Waals surface area contributed by atoms with E-state index in [0.29, 0.717) is 23.0 Å². The van der Waals surface area contributed by atoms with Crippen LogP contribution in [0.1, 0.15) is 49.6 Å².